The second kappa shape index (κ2) is 7.06. The molecule has 114 valence electrons. The minimum atomic E-state index is -3.64. The van der Waals surface area contributed by atoms with E-state index in [9.17, 15) is 8.42 Å². The van der Waals surface area contributed by atoms with E-state index in [-0.39, 0.29) is 16.9 Å². The fourth-order valence-corrected chi connectivity index (χ4v) is 3.31. The van der Waals surface area contributed by atoms with E-state index in [1.54, 1.807) is 19.1 Å². The third-order valence-corrected chi connectivity index (χ3v) is 4.53. The maximum Gasteiger partial charge on any atom is 0.244 e. The van der Waals surface area contributed by atoms with Gasteiger partial charge in [0.1, 0.15) is 10.6 Å². The standard InChI is InChI=1S/C14H23NO4S/c1-10(2)12-6-7-13(19-5)14(8-12)20(16,17)15-11(3)9-18-4/h6-8,10-11,15H,9H2,1-5H3. The van der Waals surface area contributed by atoms with E-state index < -0.39 is 10.0 Å². The smallest absolute Gasteiger partial charge is 0.244 e. The Bertz CT molecular complexity index is 540. The summed E-state index contributed by atoms with van der Waals surface area (Å²) >= 11 is 0. The molecule has 0 fully saturated rings. The number of benzene rings is 1. The molecule has 5 nitrogen and oxygen atoms in total. The van der Waals surface area contributed by atoms with Crippen molar-refractivity contribution in [1.82, 2.24) is 4.72 Å². The summed E-state index contributed by atoms with van der Waals surface area (Å²) in [4.78, 5) is 0.161. The second-order valence-electron chi connectivity index (χ2n) is 5.04. The molecule has 1 N–H and O–H groups in total. The van der Waals surface area contributed by atoms with Gasteiger partial charge in [0.2, 0.25) is 10.0 Å². The predicted molar refractivity (Wildman–Crippen MR) is 78.7 cm³/mol. The van der Waals surface area contributed by atoms with Crippen LogP contribution in [0.25, 0.3) is 0 Å². The van der Waals surface area contributed by atoms with Crippen molar-refractivity contribution >= 4 is 10.0 Å². The summed E-state index contributed by atoms with van der Waals surface area (Å²) in [5.41, 5.74) is 0.950. The number of sulfonamides is 1. The first-order chi connectivity index (χ1) is 9.31. The van der Waals surface area contributed by atoms with Crippen LogP contribution in [0, 0.1) is 0 Å². The molecule has 0 spiro atoms. The maximum atomic E-state index is 12.4. The lowest BCUT2D eigenvalue weighted by Crippen LogP contribution is -2.35. The van der Waals surface area contributed by atoms with Crippen LogP contribution < -0.4 is 9.46 Å². The van der Waals surface area contributed by atoms with E-state index in [2.05, 4.69) is 4.72 Å². The predicted octanol–water partition coefficient (Wildman–Crippen LogP) is 2.13. The van der Waals surface area contributed by atoms with Crippen molar-refractivity contribution in [2.75, 3.05) is 20.8 Å². The summed E-state index contributed by atoms with van der Waals surface area (Å²) in [6.07, 6.45) is 0. The quantitative estimate of drug-likeness (QED) is 0.838. The minimum Gasteiger partial charge on any atom is -0.495 e. The lowest BCUT2D eigenvalue weighted by Gasteiger charge is -2.16. The molecule has 1 aromatic rings. The fourth-order valence-electron chi connectivity index (χ4n) is 1.87. The highest BCUT2D eigenvalue weighted by Crippen LogP contribution is 2.28. The number of rotatable bonds is 7. The number of methoxy groups -OCH3 is 2. The number of ether oxygens (including phenoxy) is 2. The van der Waals surface area contributed by atoms with Gasteiger partial charge in [-0.15, -0.1) is 0 Å². The van der Waals surface area contributed by atoms with Gasteiger partial charge in [-0.25, -0.2) is 13.1 Å². The molecule has 1 unspecified atom stereocenters. The Balaban J connectivity index is 3.18. The summed E-state index contributed by atoms with van der Waals surface area (Å²) in [7, 11) is -0.643. The van der Waals surface area contributed by atoms with Crippen LogP contribution in [0.4, 0.5) is 0 Å². The molecule has 0 bridgehead atoms. The number of hydrogen-bond donors (Lipinski definition) is 1. The number of nitrogens with one attached hydrogen (secondary N) is 1. The maximum absolute atomic E-state index is 12.4. The van der Waals surface area contributed by atoms with E-state index in [4.69, 9.17) is 9.47 Å². The summed E-state index contributed by atoms with van der Waals surface area (Å²) in [5.74, 6) is 0.581. The average molecular weight is 301 g/mol. The Hall–Kier alpha value is -1.11. The van der Waals surface area contributed by atoms with Crippen molar-refractivity contribution in [3.63, 3.8) is 0 Å². The Morgan fingerprint density at radius 1 is 1.20 bits per heavy atom. The zero-order chi connectivity index (χ0) is 15.3. The van der Waals surface area contributed by atoms with Crippen molar-refractivity contribution in [1.29, 1.82) is 0 Å². The molecule has 1 atom stereocenters. The van der Waals surface area contributed by atoms with Gasteiger partial charge in [-0.2, -0.15) is 0 Å². The van der Waals surface area contributed by atoms with Crippen LogP contribution in [0.3, 0.4) is 0 Å². The Kier molecular flexibility index (Phi) is 5.98. The Labute approximate surface area is 121 Å². The molecule has 20 heavy (non-hydrogen) atoms. The van der Waals surface area contributed by atoms with Crippen molar-refractivity contribution in [2.24, 2.45) is 0 Å². The van der Waals surface area contributed by atoms with Gasteiger partial charge in [-0.1, -0.05) is 19.9 Å². The SMILES string of the molecule is COCC(C)NS(=O)(=O)c1cc(C(C)C)ccc1OC. The molecule has 1 aromatic carbocycles. The van der Waals surface area contributed by atoms with Crippen molar-refractivity contribution in [2.45, 2.75) is 37.6 Å². The molecule has 1 rings (SSSR count). The molecule has 0 saturated heterocycles. The van der Waals surface area contributed by atoms with Gasteiger partial charge in [0.05, 0.1) is 13.7 Å². The molecule has 0 heterocycles. The molecular weight excluding hydrogens is 278 g/mol. The highest BCUT2D eigenvalue weighted by molar-refractivity contribution is 7.89. The van der Waals surface area contributed by atoms with Crippen LogP contribution in [0.1, 0.15) is 32.3 Å². The van der Waals surface area contributed by atoms with E-state index in [0.717, 1.165) is 5.56 Å². The van der Waals surface area contributed by atoms with Crippen LogP contribution in [0.15, 0.2) is 23.1 Å². The molecule has 0 aliphatic rings. The van der Waals surface area contributed by atoms with Gasteiger partial charge >= 0.3 is 0 Å². The van der Waals surface area contributed by atoms with E-state index in [1.165, 1.54) is 14.2 Å². The molecule has 0 aromatic heterocycles. The van der Waals surface area contributed by atoms with Crippen LogP contribution in [-0.2, 0) is 14.8 Å². The van der Waals surface area contributed by atoms with Gasteiger partial charge in [-0.3, -0.25) is 0 Å². The Morgan fingerprint density at radius 2 is 1.85 bits per heavy atom. The van der Waals surface area contributed by atoms with Crippen LogP contribution in [0.5, 0.6) is 5.75 Å². The first-order valence-electron chi connectivity index (χ1n) is 6.51. The van der Waals surface area contributed by atoms with Gasteiger partial charge in [0.25, 0.3) is 0 Å². The number of hydrogen-bond acceptors (Lipinski definition) is 4. The van der Waals surface area contributed by atoms with Gasteiger partial charge in [0, 0.05) is 13.2 Å². The van der Waals surface area contributed by atoms with Crippen LogP contribution >= 0.6 is 0 Å². The lowest BCUT2D eigenvalue weighted by molar-refractivity contribution is 0.180. The summed E-state index contributed by atoms with van der Waals surface area (Å²) in [5, 5.41) is 0. The van der Waals surface area contributed by atoms with Crippen molar-refractivity contribution in [3.05, 3.63) is 23.8 Å². The van der Waals surface area contributed by atoms with Crippen molar-refractivity contribution < 1.29 is 17.9 Å². The second-order valence-corrected chi connectivity index (χ2v) is 6.73. The van der Waals surface area contributed by atoms with E-state index in [0.29, 0.717) is 12.4 Å². The summed E-state index contributed by atoms with van der Waals surface area (Å²) < 4.78 is 37.5. The highest BCUT2D eigenvalue weighted by atomic mass is 32.2. The monoisotopic (exact) mass is 301 g/mol. The third kappa shape index (κ3) is 4.19. The van der Waals surface area contributed by atoms with Gasteiger partial charge in [-0.05, 0) is 30.5 Å². The summed E-state index contributed by atoms with van der Waals surface area (Å²) in [6, 6.07) is 4.91. The normalized spacial score (nSPS) is 13.5. The fraction of sp³-hybridized carbons (Fsp3) is 0.571. The molecule has 0 radical (unpaired) electrons. The average Bonchev–Trinajstić information content (AvgIpc) is 2.37. The Morgan fingerprint density at radius 3 is 2.35 bits per heavy atom. The van der Waals surface area contributed by atoms with Gasteiger partial charge in [0.15, 0.2) is 0 Å². The van der Waals surface area contributed by atoms with E-state index in [1.807, 2.05) is 19.9 Å². The van der Waals surface area contributed by atoms with Crippen LogP contribution in [-0.4, -0.2) is 35.3 Å². The minimum absolute atomic E-state index is 0.161. The van der Waals surface area contributed by atoms with Crippen LogP contribution in [0.2, 0.25) is 0 Å². The molecule has 0 amide bonds. The highest BCUT2D eigenvalue weighted by Gasteiger charge is 2.22. The van der Waals surface area contributed by atoms with Gasteiger partial charge < -0.3 is 9.47 Å². The zero-order valence-electron chi connectivity index (χ0n) is 12.6. The molecule has 6 heteroatoms. The zero-order valence-corrected chi connectivity index (χ0v) is 13.5. The summed E-state index contributed by atoms with van der Waals surface area (Å²) in [6.45, 7) is 6.09. The molecule has 0 aliphatic heterocycles. The molecule has 0 aliphatic carbocycles. The topological polar surface area (TPSA) is 64.6 Å². The lowest BCUT2D eigenvalue weighted by atomic mass is 10.0. The first-order valence-corrected chi connectivity index (χ1v) is 7.99. The molecular formula is C14H23NO4S. The molecule has 0 saturated carbocycles. The van der Waals surface area contributed by atoms with E-state index >= 15 is 0 Å². The largest absolute Gasteiger partial charge is 0.495 e. The van der Waals surface area contributed by atoms with Crippen molar-refractivity contribution in [3.8, 4) is 5.75 Å². The first kappa shape index (κ1) is 16.9. The third-order valence-electron chi connectivity index (χ3n) is 2.92.